The van der Waals surface area contributed by atoms with E-state index in [1.165, 1.54) is 0 Å². The number of nitrogen functional groups attached to an aromatic ring is 1. The largest absolute Gasteiger partial charge is 0.384 e. The van der Waals surface area contributed by atoms with Gasteiger partial charge in [0.25, 0.3) is 0 Å². The number of benzene rings is 1. The molecule has 0 atom stereocenters. The Labute approximate surface area is 115 Å². The predicted molar refractivity (Wildman–Crippen MR) is 78.0 cm³/mol. The van der Waals surface area contributed by atoms with Crippen molar-refractivity contribution in [1.29, 1.82) is 0 Å². The molecule has 4 nitrogen and oxygen atoms in total. The highest BCUT2D eigenvalue weighted by Gasteiger charge is 2.04. The summed E-state index contributed by atoms with van der Waals surface area (Å²) in [4.78, 5) is 8.55. The van der Waals surface area contributed by atoms with E-state index in [0.29, 0.717) is 5.82 Å². The van der Waals surface area contributed by atoms with Gasteiger partial charge in [0.1, 0.15) is 17.5 Å². The van der Waals surface area contributed by atoms with Crippen molar-refractivity contribution in [3.8, 4) is 0 Å². The molecule has 1 heterocycles. The van der Waals surface area contributed by atoms with Crippen LogP contribution >= 0.6 is 15.9 Å². The van der Waals surface area contributed by atoms with Crippen molar-refractivity contribution in [1.82, 2.24) is 9.97 Å². The minimum atomic E-state index is 0.485. The lowest BCUT2D eigenvalue weighted by Crippen LogP contribution is -2.03. The molecule has 0 saturated heterocycles. The first-order valence-electron chi connectivity index (χ1n) is 5.75. The molecule has 0 bridgehead atoms. The Morgan fingerprint density at radius 1 is 1.28 bits per heavy atom. The maximum absolute atomic E-state index is 5.75. The number of halogens is 1. The molecular formula is C13H15BrN4. The number of hydrogen-bond acceptors (Lipinski definition) is 4. The van der Waals surface area contributed by atoms with E-state index in [0.717, 1.165) is 33.8 Å². The van der Waals surface area contributed by atoms with Crippen molar-refractivity contribution in [2.75, 3.05) is 11.1 Å². The zero-order valence-corrected chi connectivity index (χ0v) is 12.0. The first kappa shape index (κ1) is 12.8. The van der Waals surface area contributed by atoms with Crippen LogP contribution in [0.2, 0.25) is 0 Å². The lowest BCUT2D eigenvalue weighted by molar-refractivity contribution is 0.948. The van der Waals surface area contributed by atoms with Crippen molar-refractivity contribution in [3.63, 3.8) is 0 Å². The smallest absolute Gasteiger partial charge is 0.136 e. The Bertz CT molecular complexity index is 569. The maximum Gasteiger partial charge on any atom is 0.136 e. The monoisotopic (exact) mass is 306 g/mol. The van der Waals surface area contributed by atoms with Gasteiger partial charge in [-0.2, -0.15) is 0 Å². The van der Waals surface area contributed by atoms with E-state index in [9.17, 15) is 0 Å². The SMILES string of the molecule is CCc1nc(N)cc(Nc2ccc(Br)cc2C)n1. The van der Waals surface area contributed by atoms with Gasteiger partial charge in [-0.3, -0.25) is 0 Å². The van der Waals surface area contributed by atoms with Crippen LogP contribution in [0.3, 0.4) is 0 Å². The van der Waals surface area contributed by atoms with Gasteiger partial charge in [-0.15, -0.1) is 0 Å². The van der Waals surface area contributed by atoms with E-state index in [1.54, 1.807) is 6.07 Å². The molecule has 0 aliphatic carbocycles. The predicted octanol–water partition coefficient (Wildman–Crippen LogP) is 3.44. The van der Waals surface area contributed by atoms with Crippen LogP contribution in [0.15, 0.2) is 28.7 Å². The zero-order chi connectivity index (χ0) is 13.1. The fourth-order valence-electron chi connectivity index (χ4n) is 1.65. The second-order valence-electron chi connectivity index (χ2n) is 4.03. The van der Waals surface area contributed by atoms with Gasteiger partial charge in [0.2, 0.25) is 0 Å². The van der Waals surface area contributed by atoms with Crippen molar-refractivity contribution >= 4 is 33.3 Å². The molecule has 0 spiro atoms. The van der Waals surface area contributed by atoms with Gasteiger partial charge in [-0.05, 0) is 30.7 Å². The normalized spacial score (nSPS) is 10.4. The van der Waals surface area contributed by atoms with Crippen LogP contribution in [0.25, 0.3) is 0 Å². The number of nitrogens with one attached hydrogen (secondary N) is 1. The van der Waals surface area contributed by atoms with Crippen molar-refractivity contribution in [3.05, 3.63) is 40.1 Å². The summed E-state index contributed by atoms with van der Waals surface area (Å²) in [6, 6.07) is 7.78. The third-order valence-corrected chi connectivity index (χ3v) is 3.05. The van der Waals surface area contributed by atoms with Gasteiger partial charge in [0.05, 0.1) is 0 Å². The van der Waals surface area contributed by atoms with Crippen molar-refractivity contribution in [2.45, 2.75) is 20.3 Å². The number of hydrogen-bond donors (Lipinski definition) is 2. The molecule has 94 valence electrons. The van der Waals surface area contributed by atoms with Crippen LogP contribution < -0.4 is 11.1 Å². The molecule has 0 unspecified atom stereocenters. The van der Waals surface area contributed by atoms with E-state index >= 15 is 0 Å². The number of aromatic nitrogens is 2. The van der Waals surface area contributed by atoms with Crippen LogP contribution in [-0.4, -0.2) is 9.97 Å². The molecule has 2 aromatic rings. The van der Waals surface area contributed by atoms with Crippen LogP contribution in [0.5, 0.6) is 0 Å². The first-order chi connectivity index (χ1) is 8.58. The fraction of sp³-hybridized carbons (Fsp3) is 0.231. The number of rotatable bonds is 3. The lowest BCUT2D eigenvalue weighted by Gasteiger charge is -2.10. The molecule has 0 saturated carbocycles. The van der Waals surface area contributed by atoms with Gasteiger partial charge >= 0.3 is 0 Å². The molecule has 1 aromatic heterocycles. The third kappa shape index (κ3) is 2.98. The minimum Gasteiger partial charge on any atom is -0.384 e. The molecule has 18 heavy (non-hydrogen) atoms. The number of nitrogens with zero attached hydrogens (tertiary/aromatic N) is 2. The third-order valence-electron chi connectivity index (χ3n) is 2.56. The molecule has 0 aliphatic heterocycles. The molecule has 0 amide bonds. The molecule has 3 N–H and O–H groups in total. The topological polar surface area (TPSA) is 63.8 Å². The van der Waals surface area contributed by atoms with Crippen molar-refractivity contribution in [2.24, 2.45) is 0 Å². The molecule has 0 radical (unpaired) electrons. The highest BCUT2D eigenvalue weighted by atomic mass is 79.9. The van der Waals surface area contributed by atoms with E-state index in [4.69, 9.17) is 5.73 Å². The summed E-state index contributed by atoms with van der Waals surface area (Å²) in [5, 5.41) is 3.26. The Morgan fingerprint density at radius 2 is 2.06 bits per heavy atom. The Morgan fingerprint density at radius 3 is 2.72 bits per heavy atom. The summed E-state index contributed by atoms with van der Waals surface area (Å²) >= 11 is 3.44. The Balaban J connectivity index is 2.30. The molecule has 0 fully saturated rings. The van der Waals surface area contributed by atoms with E-state index in [2.05, 4.69) is 31.2 Å². The highest BCUT2D eigenvalue weighted by molar-refractivity contribution is 9.10. The van der Waals surface area contributed by atoms with E-state index in [-0.39, 0.29) is 0 Å². The van der Waals surface area contributed by atoms with Gasteiger partial charge < -0.3 is 11.1 Å². The Hall–Kier alpha value is -1.62. The summed E-state index contributed by atoms with van der Waals surface area (Å²) in [6.45, 7) is 4.04. The molecular weight excluding hydrogens is 292 g/mol. The van der Waals surface area contributed by atoms with Gasteiger partial charge in [-0.1, -0.05) is 22.9 Å². The summed E-state index contributed by atoms with van der Waals surface area (Å²) in [5.74, 6) is 1.95. The number of nitrogens with two attached hydrogens (primary N) is 1. The maximum atomic E-state index is 5.75. The molecule has 1 aromatic carbocycles. The lowest BCUT2D eigenvalue weighted by atomic mass is 10.2. The summed E-state index contributed by atoms with van der Waals surface area (Å²) in [6.07, 6.45) is 0.763. The second-order valence-corrected chi connectivity index (χ2v) is 4.95. The zero-order valence-electron chi connectivity index (χ0n) is 10.4. The fourth-order valence-corrected chi connectivity index (χ4v) is 2.12. The van der Waals surface area contributed by atoms with Crippen LogP contribution in [0.1, 0.15) is 18.3 Å². The standard InChI is InChI=1S/C13H15BrN4/c1-3-12-17-11(15)7-13(18-12)16-10-5-4-9(14)6-8(10)2/h4-7H,3H2,1-2H3,(H3,15,16,17,18). The Kier molecular flexibility index (Phi) is 3.81. The first-order valence-corrected chi connectivity index (χ1v) is 6.54. The average Bonchev–Trinajstić information content (AvgIpc) is 2.32. The van der Waals surface area contributed by atoms with E-state index in [1.807, 2.05) is 32.0 Å². The van der Waals surface area contributed by atoms with Crippen LogP contribution in [0.4, 0.5) is 17.3 Å². The summed E-state index contributed by atoms with van der Waals surface area (Å²) < 4.78 is 1.06. The average molecular weight is 307 g/mol. The van der Waals surface area contributed by atoms with E-state index < -0.39 is 0 Å². The second kappa shape index (κ2) is 5.35. The number of aryl methyl sites for hydroxylation is 2. The summed E-state index contributed by atoms with van der Waals surface area (Å²) in [7, 11) is 0. The molecule has 5 heteroatoms. The van der Waals surface area contributed by atoms with Gasteiger partial charge in [-0.25, -0.2) is 9.97 Å². The van der Waals surface area contributed by atoms with Gasteiger partial charge in [0.15, 0.2) is 0 Å². The van der Waals surface area contributed by atoms with Crippen molar-refractivity contribution < 1.29 is 0 Å². The van der Waals surface area contributed by atoms with Gasteiger partial charge in [0, 0.05) is 22.6 Å². The highest BCUT2D eigenvalue weighted by Crippen LogP contribution is 2.23. The number of anilines is 3. The quantitative estimate of drug-likeness (QED) is 0.912. The summed E-state index contributed by atoms with van der Waals surface area (Å²) in [5.41, 5.74) is 7.90. The molecule has 0 aliphatic rings. The van der Waals surface area contributed by atoms with Crippen LogP contribution in [0, 0.1) is 6.92 Å². The minimum absolute atomic E-state index is 0.485. The molecule has 2 rings (SSSR count). The van der Waals surface area contributed by atoms with Crippen LogP contribution in [-0.2, 0) is 6.42 Å².